The third-order valence-electron chi connectivity index (χ3n) is 5.09. The average Bonchev–Trinajstić information content (AvgIpc) is 2.68. The second-order valence-electron chi connectivity index (χ2n) is 7.11. The molecule has 0 aromatic carbocycles. The number of alkyl halides is 3. The second-order valence-corrected chi connectivity index (χ2v) is 7.11. The Morgan fingerprint density at radius 3 is 2.48 bits per heavy atom. The van der Waals surface area contributed by atoms with Crippen LogP contribution in [0, 0.1) is 6.92 Å². The van der Waals surface area contributed by atoms with Gasteiger partial charge < -0.3 is 4.90 Å². The number of hydrogen-bond acceptors (Lipinski definition) is 5. The first-order chi connectivity index (χ1) is 13.8. The number of nitrogens with zero attached hydrogens (tertiary/aromatic N) is 5. The van der Waals surface area contributed by atoms with E-state index < -0.39 is 11.7 Å². The van der Waals surface area contributed by atoms with Gasteiger partial charge in [0.05, 0.1) is 11.3 Å². The third-order valence-corrected chi connectivity index (χ3v) is 5.09. The zero-order valence-electron chi connectivity index (χ0n) is 15.9. The van der Waals surface area contributed by atoms with E-state index in [0.717, 1.165) is 18.0 Å². The number of hydrogen-bond donors (Lipinski definition) is 0. The molecule has 3 aromatic rings. The fourth-order valence-corrected chi connectivity index (χ4v) is 3.55. The van der Waals surface area contributed by atoms with Crippen LogP contribution in [0.2, 0.25) is 0 Å². The van der Waals surface area contributed by atoms with Gasteiger partial charge in [0.25, 0.3) is 5.56 Å². The number of pyridine rings is 2. The van der Waals surface area contributed by atoms with Gasteiger partial charge in [0.15, 0.2) is 0 Å². The summed E-state index contributed by atoms with van der Waals surface area (Å²) in [6, 6.07) is 9.58. The molecule has 0 spiro atoms. The van der Waals surface area contributed by atoms with E-state index >= 15 is 0 Å². The lowest BCUT2D eigenvalue weighted by Gasteiger charge is -2.35. The van der Waals surface area contributed by atoms with E-state index in [1.165, 1.54) is 6.07 Å². The highest BCUT2D eigenvalue weighted by molar-refractivity contribution is 5.41. The maximum Gasteiger partial charge on any atom is 0.417 e. The van der Waals surface area contributed by atoms with Crippen LogP contribution >= 0.6 is 0 Å². The van der Waals surface area contributed by atoms with Crippen molar-refractivity contribution in [2.45, 2.75) is 19.6 Å². The molecule has 0 saturated carbocycles. The first kappa shape index (κ1) is 19.4. The van der Waals surface area contributed by atoms with Gasteiger partial charge in [0.1, 0.15) is 11.5 Å². The molecule has 0 atom stereocenters. The van der Waals surface area contributed by atoms with Crippen molar-refractivity contribution in [1.29, 1.82) is 0 Å². The van der Waals surface area contributed by atoms with Gasteiger partial charge in [-0.05, 0) is 31.2 Å². The lowest BCUT2D eigenvalue weighted by atomic mass is 10.2. The van der Waals surface area contributed by atoms with Crippen LogP contribution in [0.3, 0.4) is 0 Å². The lowest BCUT2D eigenvalue weighted by Crippen LogP contribution is -2.46. The van der Waals surface area contributed by atoms with Gasteiger partial charge in [0.2, 0.25) is 0 Å². The highest BCUT2D eigenvalue weighted by atomic mass is 19.4. The summed E-state index contributed by atoms with van der Waals surface area (Å²) in [6.45, 7) is 5.11. The van der Waals surface area contributed by atoms with Gasteiger partial charge >= 0.3 is 6.18 Å². The molecular formula is C20H20F3N5O. The summed E-state index contributed by atoms with van der Waals surface area (Å²) in [5.41, 5.74) is 1.32. The molecule has 4 heterocycles. The molecule has 0 N–H and O–H groups in total. The summed E-state index contributed by atoms with van der Waals surface area (Å²) >= 11 is 0. The van der Waals surface area contributed by atoms with Crippen LogP contribution in [0.5, 0.6) is 0 Å². The highest BCUT2D eigenvalue weighted by Crippen LogP contribution is 2.29. The topological polar surface area (TPSA) is 53.7 Å². The Morgan fingerprint density at radius 1 is 1.07 bits per heavy atom. The van der Waals surface area contributed by atoms with E-state index in [2.05, 4.69) is 14.9 Å². The summed E-state index contributed by atoms with van der Waals surface area (Å²) < 4.78 is 39.6. The number of fused-ring (bicyclic) bond motifs is 1. The summed E-state index contributed by atoms with van der Waals surface area (Å²) in [5.74, 6) is 0.537. The molecule has 0 amide bonds. The minimum Gasteiger partial charge on any atom is -0.354 e. The molecule has 0 aliphatic carbocycles. The van der Waals surface area contributed by atoms with E-state index in [0.29, 0.717) is 49.9 Å². The highest BCUT2D eigenvalue weighted by Gasteiger charge is 2.31. The van der Waals surface area contributed by atoms with Crippen molar-refractivity contribution in [3.05, 3.63) is 69.9 Å². The van der Waals surface area contributed by atoms with E-state index in [1.54, 1.807) is 10.5 Å². The van der Waals surface area contributed by atoms with Gasteiger partial charge in [-0.1, -0.05) is 6.07 Å². The molecule has 0 radical (unpaired) electrons. The van der Waals surface area contributed by atoms with Crippen molar-refractivity contribution in [3.8, 4) is 0 Å². The van der Waals surface area contributed by atoms with Crippen molar-refractivity contribution < 1.29 is 13.2 Å². The first-order valence-corrected chi connectivity index (χ1v) is 9.30. The fourth-order valence-electron chi connectivity index (χ4n) is 3.55. The molecule has 1 aliphatic heterocycles. The van der Waals surface area contributed by atoms with E-state index in [1.807, 2.05) is 30.0 Å². The number of piperazine rings is 1. The van der Waals surface area contributed by atoms with E-state index in [9.17, 15) is 18.0 Å². The van der Waals surface area contributed by atoms with Crippen molar-refractivity contribution in [2.75, 3.05) is 31.1 Å². The predicted octanol–water partition coefficient (Wildman–Crippen LogP) is 2.74. The van der Waals surface area contributed by atoms with Gasteiger partial charge in [-0.25, -0.2) is 9.97 Å². The first-order valence-electron chi connectivity index (χ1n) is 9.30. The average molecular weight is 403 g/mol. The van der Waals surface area contributed by atoms with Crippen LogP contribution in [-0.4, -0.2) is 45.4 Å². The van der Waals surface area contributed by atoms with Crippen molar-refractivity contribution in [2.24, 2.45) is 0 Å². The molecule has 3 aromatic heterocycles. The monoisotopic (exact) mass is 403 g/mol. The van der Waals surface area contributed by atoms with E-state index in [4.69, 9.17) is 0 Å². The molecule has 29 heavy (non-hydrogen) atoms. The quantitative estimate of drug-likeness (QED) is 0.673. The SMILES string of the molecule is Cc1cccc2nc(CN3CCN(c4ccc(C(F)(F)F)cn4)CC3)cc(=O)n12. The van der Waals surface area contributed by atoms with Crippen LogP contribution in [0.4, 0.5) is 19.0 Å². The number of aryl methyl sites for hydroxylation is 1. The van der Waals surface area contributed by atoms with Crippen LogP contribution < -0.4 is 10.5 Å². The largest absolute Gasteiger partial charge is 0.417 e. The van der Waals surface area contributed by atoms with Gasteiger partial charge in [0, 0.05) is 50.7 Å². The maximum atomic E-state index is 12.7. The predicted molar refractivity (Wildman–Crippen MR) is 103 cm³/mol. The zero-order chi connectivity index (χ0) is 20.6. The Labute approximate surface area is 165 Å². The molecule has 1 fully saturated rings. The van der Waals surface area contributed by atoms with Crippen LogP contribution in [0.1, 0.15) is 17.0 Å². The van der Waals surface area contributed by atoms with Crippen molar-refractivity contribution in [3.63, 3.8) is 0 Å². The van der Waals surface area contributed by atoms with Gasteiger partial charge in [-0.2, -0.15) is 13.2 Å². The molecular weight excluding hydrogens is 383 g/mol. The Bertz CT molecular complexity index is 1070. The summed E-state index contributed by atoms with van der Waals surface area (Å²) in [4.78, 5) is 25.1. The van der Waals surface area contributed by atoms with Gasteiger partial charge in [-0.15, -0.1) is 0 Å². The number of rotatable bonds is 3. The fraction of sp³-hybridized carbons (Fsp3) is 0.350. The number of aromatic nitrogens is 3. The smallest absolute Gasteiger partial charge is 0.354 e. The Hall–Kier alpha value is -2.94. The standard InChI is InChI=1S/C20H20F3N5O/c1-14-3-2-4-18-25-16(11-19(29)28(14)18)13-26-7-9-27(10-8-26)17-6-5-15(12-24-17)20(21,22)23/h2-6,11-12H,7-10,13H2,1H3. The molecule has 0 unspecified atom stereocenters. The van der Waals surface area contributed by atoms with Crippen LogP contribution in [-0.2, 0) is 12.7 Å². The number of halogens is 3. The van der Waals surface area contributed by atoms with Crippen molar-refractivity contribution in [1.82, 2.24) is 19.3 Å². The Kier molecular flexibility index (Phi) is 4.99. The molecule has 0 bridgehead atoms. The molecule has 6 nitrogen and oxygen atoms in total. The lowest BCUT2D eigenvalue weighted by molar-refractivity contribution is -0.137. The Morgan fingerprint density at radius 2 is 1.83 bits per heavy atom. The molecule has 1 saturated heterocycles. The second kappa shape index (κ2) is 7.47. The third kappa shape index (κ3) is 4.09. The Balaban J connectivity index is 1.41. The minimum absolute atomic E-state index is 0.101. The summed E-state index contributed by atoms with van der Waals surface area (Å²) in [6.07, 6.45) is -3.51. The van der Waals surface area contributed by atoms with Crippen LogP contribution in [0.15, 0.2) is 47.4 Å². The van der Waals surface area contributed by atoms with E-state index in [-0.39, 0.29) is 5.56 Å². The normalized spacial score (nSPS) is 15.8. The summed E-state index contributed by atoms with van der Waals surface area (Å²) in [7, 11) is 0. The minimum atomic E-state index is -4.38. The molecule has 1 aliphatic rings. The van der Waals surface area contributed by atoms with Crippen LogP contribution in [0.25, 0.3) is 5.65 Å². The number of anilines is 1. The van der Waals surface area contributed by atoms with Crippen molar-refractivity contribution >= 4 is 11.5 Å². The summed E-state index contributed by atoms with van der Waals surface area (Å²) in [5, 5.41) is 0. The molecule has 152 valence electrons. The maximum absolute atomic E-state index is 12.7. The molecule has 4 rings (SSSR count). The van der Waals surface area contributed by atoms with Gasteiger partial charge in [-0.3, -0.25) is 14.1 Å². The zero-order valence-corrected chi connectivity index (χ0v) is 15.9. The molecule has 9 heteroatoms.